The molecule has 1 fully saturated rings. The lowest BCUT2D eigenvalue weighted by Crippen LogP contribution is -2.34. The highest BCUT2D eigenvalue weighted by atomic mass is 35.5. The highest BCUT2D eigenvalue weighted by Gasteiger charge is 2.25. The maximum Gasteiger partial charge on any atom is 0.205 e. The highest BCUT2D eigenvalue weighted by Crippen LogP contribution is 2.27. The molecule has 0 unspecified atom stereocenters. The molecule has 6 nitrogen and oxygen atoms in total. The molecule has 0 atom stereocenters. The monoisotopic (exact) mass is 457 g/mol. The molecule has 1 N–H and O–H groups in total. The molecule has 0 saturated carbocycles. The fourth-order valence-electron chi connectivity index (χ4n) is 3.86. The summed E-state index contributed by atoms with van der Waals surface area (Å²) in [5.74, 6) is 2.17. The summed E-state index contributed by atoms with van der Waals surface area (Å²) < 4.78 is 4.30. The molecule has 0 spiro atoms. The van der Waals surface area contributed by atoms with E-state index < -0.39 is 5.60 Å². The van der Waals surface area contributed by atoms with Gasteiger partial charge in [0.05, 0.1) is 5.69 Å². The summed E-state index contributed by atoms with van der Waals surface area (Å²) in [7, 11) is 0. The number of anilines is 1. The van der Waals surface area contributed by atoms with Crippen LogP contribution >= 0.6 is 23.1 Å². The lowest BCUT2D eigenvalue weighted by molar-refractivity contribution is 0.0732. The molecule has 1 aliphatic rings. The van der Waals surface area contributed by atoms with E-state index in [9.17, 15) is 5.11 Å². The topological polar surface area (TPSA) is 75.0 Å². The summed E-state index contributed by atoms with van der Waals surface area (Å²) in [6.45, 7) is 7.42. The molecule has 0 radical (unpaired) electrons. The van der Waals surface area contributed by atoms with Gasteiger partial charge in [0.1, 0.15) is 17.2 Å². The van der Waals surface area contributed by atoms with Crippen LogP contribution in [0.2, 0.25) is 5.02 Å². The number of aromatic nitrogens is 4. The minimum atomic E-state index is -1.01. The van der Waals surface area contributed by atoms with Crippen molar-refractivity contribution in [1.29, 1.82) is 0 Å². The first kappa shape index (κ1) is 22.1. The van der Waals surface area contributed by atoms with Gasteiger partial charge in [0, 0.05) is 48.2 Å². The number of hydrogen-bond acceptors (Lipinski definition) is 7. The average Bonchev–Trinajstić information content (AvgIpc) is 3.16. The zero-order chi connectivity index (χ0) is 22.0. The smallest absolute Gasteiger partial charge is 0.205 e. The van der Waals surface area contributed by atoms with Crippen LogP contribution in [-0.4, -0.2) is 37.5 Å². The van der Waals surface area contributed by atoms with E-state index in [0.717, 1.165) is 65.4 Å². The van der Waals surface area contributed by atoms with Gasteiger partial charge in [-0.1, -0.05) is 23.7 Å². The van der Waals surface area contributed by atoms with Crippen molar-refractivity contribution in [2.24, 2.45) is 5.92 Å². The summed E-state index contributed by atoms with van der Waals surface area (Å²) in [6, 6.07) is 9.72. The van der Waals surface area contributed by atoms with Gasteiger partial charge >= 0.3 is 0 Å². The molecule has 0 amide bonds. The van der Waals surface area contributed by atoms with E-state index >= 15 is 0 Å². The first-order valence-electron chi connectivity index (χ1n) is 10.7. The largest absolute Gasteiger partial charge is 0.384 e. The van der Waals surface area contributed by atoms with Gasteiger partial charge < -0.3 is 10.0 Å². The second-order valence-corrected chi connectivity index (χ2v) is 9.95. The number of hydrogen-bond donors (Lipinski definition) is 1. The van der Waals surface area contributed by atoms with Gasteiger partial charge in [-0.25, -0.2) is 15.0 Å². The van der Waals surface area contributed by atoms with Crippen molar-refractivity contribution in [3.63, 3.8) is 0 Å². The van der Waals surface area contributed by atoms with E-state index in [1.807, 2.05) is 37.3 Å². The van der Waals surface area contributed by atoms with Gasteiger partial charge in [-0.3, -0.25) is 0 Å². The molecule has 3 aromatic rings. The standard InChI is InChI=1S/C23H28ClN5OS/c1-15-25-22(31-28-15)29-10-8-17(9-11-29)13-21-26-19(14-20(27-21)23(2,3)30)12-16-4-6-18(24)7-5-16/h4-7,14,17,30H,8-13H2,1-3H3. The highest BCUT2D eigenvalue weighted by molar-refractivity contribution is 7.09. The van der Waals surface area contributed by atoms with Crippen molar-refractivity contribution in [3.8, 4) is 0 Å². The van der Waals surface area contributed by atoms with Crippen LogP contribution in [0.3, 0.4) is 0 Å². The van der Waals surface area contributed by atoms with Crippen LogP contribution in [0.25, 0.3) is 0 Å². The third-order valence-electron chi connectivity index (χ3n) is 5.62. The van der Waals surface area contributed by atoms with Crippen LogP contribution in [0.5, 0.6) is 0 Å². The van der Waals surface area contributed by atoms with Gasteiger partial charge in [-0.05, 0) is 63.3 Å². The van der Waals surface area contributed by atoms with Crippen molar-refractivity contribution < 1.29 is 5.11 Å². The number of nitrogens with zero attached hydrogens (tertiary/aromatic N) is 5. The van der Waals surface area contributed by atoms with Crippen molar-refractivity contribution in [3.05, 3.63) is 64.0 Å². The average molecular weight is 458 g/mol. The summed E-state index contributed by atoms with van der Waals surface area (Å²) >= 11 is 7.49. The van der Waals surface area contributed by atoms with Gasteiger partial charge in [-0.2, -0.15) is 4.37 Å². The molecule has 8 heteroatoms. The number of halogens is 1. The zero-order valence-corrected chi connectivity index (χ0v) is 19.7. The first-order chi connectivity index (χ1) is 14.8. The molecule has 4 rings (SSSR count). The molecular weight excluding hydrogens is 430 g/mol. The predicted octanol–water partition coefficient (Wildman–Crippen LogP) is 4.57. The molecule has 1 aromatic carbocycles. The summed E-state index contributed by atoms with van der Waals surface area (Å²) in [5.41, 5.74) is 1.72. The Morgan fingerprint density at radius 1 is 1.13 bits per heavy atom. The summed E-state index contributed by atoms with van der Waals surface area (Å²) in [5, 5.41) is 12.3. The lowest BCUT2D eigenvalue weighted by atomic mass is 9.93. The number of benzene rings is 1. The molecular formula is C23H28ClN5OS. The molecule has 0 aliphatic carbocycles. The Balaban J connectivity index is 1.47. The normalized spacial score (nSPS) is 15.5. The SMILES string of the molecule is Cc1nsc(N2CCC(Cc3nc(Cc4ccc(Cl)cc4)cc(C(C)(C)O)n3)CC2)n1. The maximum atomic E-state index is 10.6. The quantitative estimate of drug-likeness (QED) is 0.584. The fraction of sp³-hybridized carbons (Fsp3) is 0.478. The molecule has 1 aliphatic heterocycles. The molecule has 3 heterocycles. The Labute approximate surface area is 192 Å². The van der Waals surface area contributed by atoms with E-state index in [4.69, 9.17) is 21.6 Å². The molecule has 0 bridgehead atoms. The van der Waals surface area contributed by atoms with Gasteiger partial charge in [0.15, 0.2) is 0 Å². The molecule has 1 saturated heterocycles. The summed E-state index contributed by atoms with van der Waals surface area (Å²) in [6.07, 6.45) is 3.65. The second kappa shape index (κ2) is 9.18. The van der Waals surface area contributed by atoms with Crippen LogP contribution in [0.15, 0.2) is 30.3 Å². The Morgan fingerprint density at radius 3 is 2.45 bits per heavy atom. The Morgan fingerprint density at radius 2 is 1.84 bits per heavy atom. The lowest BCUT2D eigenvalue weighted by Gasteiger charge is -2.31. The van der Waals surface area contributed by atoms with E-state index in [0.29, 0.717) is 18.0 Å². The van der Waals surface area contributed by atoms with Gasteiger partial charge in [0.25, 0.3) is 0 Å². The third kappa shape index (κ3) is 5.79. The molecule has 31 heavy (non-hydrogen) atoms. The van der Waals surface area contributed by atoms with Crippen LogP contribution in [0, 0.1) is 12.8 Å². The Bertz CT molecular complexity index is 1020. The minimum absolute atomic E-state index is 0.519. The Kier molecular flexibility index (Phi) is 6.55. The van der Waals surface area contributed by atoms with E-state index in [-0.39, 0.29) is 0 Å². The van der Waals surface area contributed by atoms with Crippen molar-refractivity contribution in [2.75, 3.05) is 18.0 Å². The Hall–Kier alpha value is -2.09. The van der Waals surface area contributed by atoms with Crippen molar-refractivity contribution in [2.45, 2.75) is 52.1 Å². The number of rotatable bonds is 6. The number of aryl methyl sites for hydroxylation is 1. The van der Waals surface area contributed by atoms with Crippen LogP contribution < -0.4 is 4.90 Å². The first-order valence-corrected chi connectivity index (χ1v) is 11.8. The molecule has 2 aromatic heterocycles. The summed E-state index contributed by atoms with van der Waals surface area (Å²) in [4.78, 5) is 16.4. The third-order valence-corrected chi connectivity index (χ3v) is 6.74. The van der Waals surface area contributed by atoms with Crippen LogP contribution in [0.4, 0.5) is 5.13 Å². The zero-order valence-electron chi connectivity index (χ0n) is 18.2. The second-order valence-electron chi connectivity index (χ2n) is 8.78. The predicted molar refractivity (Wildman–Crippen MR) is 125 cm³/mol. The van der Waals surface area contributed by atoms with E-state index in [1.165, 1.54) is 11.5 Å². The van der Waals surface area contributed by atoms with Crippen LogP contribution in [-0.2, 0) is 18.4 Å². The van der Waals surface area contributed by atoms with E-state index in [2.05, 4.69) is 14.3 Å². The van der Waals surface area contributed by atoms with Crippen LogP contribution in [0.1, 0.15) is 55.3 Å². The molecule has 164 valence electrons. The van der Waals surface area contributed by atoms with Crippen molar-refractivity contribution >= 4 is 28.3 Å². The van der Waals surface area contributed by atoms with E-state index in [1.54, 1.807) is 13.8 Å². The fourth-order valence-corrected chi connectivity index (χ4v) is 4.71. The minimum Gasteiger partial charge on any atom is -0.384 e. The van der Waals surface area contributed by atoms with Crippen molar-refractivity contribution in [1.82, 2.24) is 19.3 Å². The van der Waals surface area contributed by atoms with Gasteiger partial charge in [-0.15, -0.1) is 0 Å². The maximum absolute atomic E-state index is 10.6. The number of piperidine rings is 1. The van der Waals surface area contributed by atoms with Gasteiger partial charge in [0.2, 0.25) is 5.13 Å². The number of aliphatic hydroxyl groups is 1.